The molecular weight excluding hydrogens is 198 g/mol. The van der Waals surface area contributed by atoms with Gasteiger partial charge in [-0.2, -0.15) is 0 Å². The first-order valence-corrected chi connectivity index (χ1v) is 6.07. The Balaban J connectivity index is 2.72. The molecule has 2 heteroatoms. The molecule has 0 aliphatic heterocycles. The molecule has 0 aliphatic rings. The van der Waals surface area contributed by atoms with Gasteiger partial charge in [0.25, 0.3) is 0 Å². The van der Waals surface area contributed by atoms with Gasteiger partial charge in [0.2, 0.25) is 0 Å². The summed E-state index contributed by atoms with van der Waals surface area (Å²) in [6.07, 6.45) is 1.13. The topological polar surface area (TPSA) is 23.5 Å². The molecule has 0 fully saturated rings. The largest absolute Gasteiger partial charge is 0.395 e. The van der Waals surface area contributed by atoms with E-state index in [1.807, 2.05) is 0 Å². The minimum Gasteiger partial charge on any atom is -0.395 e. The third-order valence-electron chi connectivity index (χ3n) is 3.07. The van der Waals surface area contributed by atoms with Gasteiger partial charge in [0.15, 0.2) is 0 Å². The minimum absolute atomic E-state index is 0.241. The molecule has 0 spiro atoms. The Morgan fingerprint density at radius 3 is 2.56 bits per heavy atom. The molecule has 0 saturated heterocycles. The molecule has 2 nitrogen and oxygen atoms in total. The second kappa shape index (κ2) is 6.66. The van der Waals surface area contributed by atoms with Gasteiger partial charge in [-0.3, -0.25) is 4.90 Å². The van der Waals surface area contributed by atoms with E-state index in [-0.39, 0.29) is 6.61 Å². The highest BCUT2D eigenvalue weighted by Crippen LogP contribution is 2.14. The van der Waals surface area contributed by atoms with Crippen LogP contribution in [0.25, 0.3) is 0 Å². The van der Waals surface area contributed by atoms with Crippen molar-refractivity contribution in [2.45, 2.75) is 33.7 Å². The van der Waals surface area contributed by atoms with Crippen LogP contribution in [0.15, 0.2) is 18.2 Å². The zero-order chi connectivity index (χ0) is 12.0. The van der Waals surface area contributed by atoms with Crippen molar-refractivity contribution in [3.8, 4) is 0 Å². The van der Waals surface area contributed by atoms with Gasteiger partial charge < -0.3 is 5.11 Å². The fraction of sp³-hybridized carbons (Fsp3) is 0.571. The molecule has 1 rings (SSSR count). The fourth-order valence-corrected chi connectivity index (χ4v) is 1.95. The maximum atomic E-state index is 9.02. The second-order valence-corrected chi connectivity index (χ2v) is 4.36. The highest BCUT2D eigenvalue weighted by molar-refractivity contribution is 5.32. The van der Waals surface area contributed by atoms with Crippen molar-refractivity contribution in [2.75, 3.05) is 19.7 Å². The summed E-state index contributed by atoms with van der Waals surface area (Å²) in [5, 5.41) is 9.02. The lowest BCUT2D eigenvalue weighted by Crippen LogP contribution is -2.27. The average Bonchev–Trinajstić information content (AvgIpc) is 2.25. The van der Waals surface area contributed by atoms with Gasteiger partial charge in [-0.1, -0.05) is 25.1 Å². The Labute approximate surface area is 98.9 Å². The summed E-state index contributed by atoms with van der Waals surface area (Å²) < 4.78 is 0. The van der Waals surface area contributed by atoms with Gasteiger partial charge in [0.1, 0.15) is 0 Å². The summed E-state index contributed by atoms with van der Waals surface area (Å²) in [6, 6.07) is 6.44. The molecule has 0 saturated carbocycles. The molecule has 1 aromatic carbocycles. The van der Waals surface area contributed by atoms with Crippen molar-refractivity contribution >= 4 is 0 Å². The quantitative estimate of drug-likeness (QED) is 0.798. The van der Waals surface area contributed by atoms with E-state index in [2.05, 4.69) is 43.9 Å². The van der Waals surface area contributed by atoms with Crippen LogP contribution in [0, 0.1) is 13.8 Å². The number of benzene rings is 1. The van der Waals surface area contributed by atoms with Gasteiger partial charge in [0, 0.05) is 13.1 Å². The third kappa shape index (κ3) is 3.62. The summed E-state index contributed by atoms with van der Waals surface area (Å²) in [5.41, 5.74) is 4.10. The van der Waals surface area contributed by atoms with Crippen LogP contribution in [0.5, 0.6) is 0 Å². The standard InChI is InChI=1S/C14H23NO/c1-4-8-15(9-10-16)11-14-7-5-6-12(2)13(14)3/h5-7,16H,4,8-11H2,1-3H3. The van der Waals surface area contributed by atoms with Gasteiger partial charge in [-0.25, -0.2) is 0 Å². The van der Waals surface area contributed by atoms with Crippen molar-refractivity contribution in [1.29, 1.82) is 0 Å². The zero-order valence-electron chi connectivity index (χ0n) is 10.7. The number of aliphatic hydroxyl groups is 1. The molecule has 16 heavy (non-hydrogen) atoms. The van der Waals surface area contributed by atoms with E-state index in [4.69, 9.17) is 5.11 Å². The van der Waals surface area contributed by atoms with Crippen LogP contribution in [-0.2, 0) is 6.54 Å². The fourth-order valence-electron chi connectivity index (χ4n) is 1.95. The van der Waals surface area contributed by atoms with Gasteiger partial charge in [0.05, 0.1) is 6.61 Å². The Bertz CT molecular complexity index is 317. The Kier molecular flexibility index (Phi) is 5.50. The van der Waals surface area contributed by atoms with Crippen molar-refractivity contribution in [3.63, 3.8) is 0 Å². The van der Waals surface area contributed by atoms with Crippen LogP contribution >= 0.6 is 0 Å². The summed E-state index contributed by atoms with van der Waals surface area (Å²) in [6.45, 7) is 9.50. The maximum Gasteiger partial charge on any atom is 0.0558 e. The normalized spacial score (nSPS) is 11.1. The molecule has 0 aromatic heterocycles. The van der Waals surface area contributed by atoms with Crippen LogP contribution in [0.3, 0.4) is 0 Å². The molecule has 0 radical (unpaired) electrons. The zero-order valence-corrected chi connectivity index (χ0v) is 10.7. The average molecular weight is 221 g/mol. The lowest BCUT2D eigenvalue weighted by molar-refractivity contribution is 0.190. The van der Waals surface area contributed by atoms with E-state index in [9.17, 15) is 0 Å². The summed E-state index contributed by atoms with van der Waals surface area (Å²) >= 11 is 0. The first-order valence-electron chi connectivity index (χ1n) is 6.07. The van der Waals surface area contributed by atoms with E-state index in [0.29, 0.717) is 0 Å². The lowest BCUT2D eigenvalue weighted by Gasteiger charge is -2.22. The Morgan fingerprint density at radius 2 is 1.94 bits per heavy atom. The molecule has 90 valence electrons. The predicted molar refractivity (Wildman–Crippen MR) is 68.6 cm³/mol. The molecule has 0 bridgehead atoms. The van der Waals surface area contributed by atoms with E-state index >= 15 is 0 Å². The molecular formula is C14H23NO. The van der Waals surface area contributed by atoms with Crippen molar-refractivity contribution in [1.82, 2.24) is 4.90 Å². The smallest absolute Gasteiger partial charge is 0.0558 e. The number of rotatable bonds is 6. The highest BCUT2D eigenvalue weighted by atomic mass is 16.3. The lowest BCUT2D eigenvalue weighted by atomic mass is 10.0. The number of hydrogen-bond acceptors (Lipinski definition) is 2. The molecule has 0 atom stereocenters. The van der Waals surface area contributed by atoms with E-state index in [1.165, 1.54) is 16.7 Å². The van der Waals surface area contributed by atoms with E-state index < -0.39 is 0 Å². The number of aliphatic hydroxyl groups excluding tert-OH is 1. The molecule has 0 unspecified atom stereocenters. The predicted octanol–water partition coefficient (Wildman–Crippen LogP) is 2.51. The first-order chi connectivity index (χ1) is 7.69. The number of nitrogens with zero attached hydrogens (tertiary/aromatic N) is 1. The van der Waals surface area contributed by atoms with Crippen molar-refractivity contribution in [2.24, 2.45) is 0 Å². The Hall–Kier alpha value is -0.860. The first kappa shape index (κ1) is 13.2. The van der Waals surface area contributed by atoms with Crippen LogP contribution in [-0.4, -0.2) is 29.7 Å². The van der Waals surface area contributed by atoms with Crippen molar-refractivity contribution in [3.05, 3.63) is 34.9 Å². The summed E-state index contributed by atoms with van der Waals surface area (Å²) in [5.74, 6) is 0. The molecule has 0 amide bonds. The van der Waals surface area contributed by atoms with Gasteiger partial charge in [-0.05, 0) is 43.5 Å². The van der Waals surface area contributed by atoms with Crippen LogP contribution in [0.4, 0.5) is 0 Å². The molecule has 0 heterocycles. The molecule has 1 N–H and O–H groups in total. The number of hydrogen-bond donors (Lipinski definition) is 1. The maximum absolute atomic E-state index is 9.02. The third-order valence-corrected chi connectivity index (χ3v) is 3.07. The minimum atomic E-state index is 0.241. The molecule has 1 aromatic rings. The molecule has 0 aliphatic carbocycles. The monoisotopic (exact) mass is 221 g/mol. The van der Waals surface area contributed by atoms with Crippen LogP contribution in [0.1, 0.15) is 30.0 Å². The highest BCUT2D eigenvalue weighted by Gasteiger charge is 2.07. The van der Waals surface area contributed by atoms with Crippen LogP contribution < -0.4 is 0 Å². The summed E-state index contributed by atoms with van der Waals surface area (Å²) in [4.78, 5) is 2.31. The summed E-state index contributed by atoms with van der Waals surface area (Å²) in [7, 11) is 0. The second-order valence-electron chi connectivity index (χ2n) is 4.36. The van der Waals surface area contributed by atoms with Gasteiger partial charge in [-0.15, -0.1) is 0 Å². The van der Waals surface area contributed by atoms with E-state index in [1.54, 1.807) is 0 Å². The van der Waals surface area contributed by atoms with Crippen molar-refractivity contribution < 1.29 is 5.11 Å². The number of aryl methyl sites for hydroxylation is 1. The van der Waals surface area contributed by atoms with Crippen LogP contribution in [0.2, 0.25) is 0 Å². The SMILES string of the molecule is CCCN(CCO)Cc1cccc(C)c1C. The van der Waals surface area contributed by atoms with Gasteiger partial charge >= 0.3 is 0 Å². The van der Waals surface area contributed by atoms with E-state index in [0.717, 1.165) is 26.1 Å². The Morgan fingerprint density at radius 1 is 1.19 bits per heavy atom.